The number of hydrogen-bond acceptors (Lipinski definition) is 2. The number of likely N-dealkylation sites (tertiary alicyclic amines) is 1. The number of halogens is 3. The van der Waals surface area contributed by atoms with Gasteiger partial charge in [0, 0.05) is 30.7 Å². The molecule has 31 heavy (non-hydrogen) atoms. The van der Waals surface area contributed by atoms with E-state index in [2.05, 4.69) is 25.7 Å². The van der Waals surface area contributed by atoms with Crippen LogP contribution in [0.25, 0.3) is 11.1 Å². The Kier molecular flexibility index (Phi) is 7.42. The van der Waals surface area contributed by atoms with Crippen LogP contribution in [0.3, 0.4) is 0 Å². The van der Waals surface area contributed by atoms with Crippen molar-refractivity contribution in [2.24, 2.45) is 0 Å². The molecule has 0 radical (unpaired) electrons. The molecule has 0 aromatic heterocycles. The molecular formula is C25H31F3N2O. The van der Waals surface area contributed by atoms with Gasteiger partial charge in [0.1, 0.15) is 0 Å². The number of hydrogen-bond donors (Lipinski definition) is 0. The van der Waals surface area contributed by atoms with Gasteiger partial charge in [0.2, 0.25) is 0 Å². The largest absolute Gasteiger partial charge is 0.416 e. The molecular weight excluding hydrogens is 401 g/mol. The number of likely N-dealkylation sites (N-methyl/N-ethyl adjacent to an activating group) is 1. The minimum absolute atomic E-state index is 0.0293. The molecule has 3 rings (SSSR count). The molecule has 0 bridgehead atoms. The molecule has 0 spiro atoms. The van der Waals surface area contributed by atoms with E-state index >= 15 is 0 Å². The van der Waals surface area contributed by atoms with Gasteiger partial charge in [-0.05, 0) is 68.1 Å². The van der Waals surface area contributed by atoms with E-state index in [9.17, 15) is 18.0 Å². The molecule has 0 N–H and O–H groups in total. The number of benzene rings is 2. The Labute approximate surface area is 182 Å². The maximum absolute atomic E-state index is 13.2. The van der Waals surface area contributed by atoms with Crippen LogP contribution in [0.15, 0.2) is 48.5 Å². The summed E-state index contributed by atoms with van der Waals surface area (Å²) in [6, 6.07) is 13.0. The van der Waals surface area contributed by atoms with Gasteiger partial charge >= 0.3 is 6.18 Å². The van der Waals surface area contributed by atoms with E-state index in [4.69, 9.17) is 0 Å². The molecule has 1 amide bonds. The third-order valence-electron chi connectivity index (χ3n) is 6.38. The molecule has 0 aliphatic carbocycles. The number of amides is 1. The van der Waals surface area contributed by atoms with E-state index < -0.39 is 11.7 Å². The van der Waals surface area contributed by atoms with Gasteiger partial charge in [0.15, 0.2) is 0 Å². The molecule has 2 unspecified atom stereocenters. The van der Waals surface area contributed by atoms with Crippen molar-refractivity contribution >= 4 is 5.91 Å². The SMILES string of the molecule is CCC(C)N(CC)CC1CCCN1C(=O)c1ccc(-c2ccc(C(F)(F)F)cc2)cc1. The molecule has 1 aliphatic heterocycles. The number of nitrogens with zero attached hydrogens (tertiary/aromatic N) is 2. The summed E-state index contributed by atoms with van der Waals surface area (Å²) in [5.74, 6) is 0.0293. The number of carbonyl (C=O) groups is 1. The van der Waals surface area contributed by atoms with Crippen LogP contribution in [0.5, 0.6) is 0 Å². The predicted octanol–water partition coefficient (Wildman–Crippen LogP) is 6.10. The third kappa shape index (κ3) is 5.48. The Morgan fingerprint density at radius 2 is 1.65 bits per heavy atom. The first-order chi connectivity index (χ1) is 14.7. The summed E-state index contributed by atoms with van der Waals surface area (Å²) in [7, 11) is 0. The van der Waals surface area contributed by atoms with Gasteiger partial charge in [-0.2, -0.15) is 13.2 Å². The van der Waals surface area contributed by atoms with Gasteiger partial charge in [-0.3, -0.25) is 9.69 Å². The zero-order valence-electron chi connectivity index (χ0n) is 18.5. The lowest BCUT2D eigenvalue weighted by Gasteiger charge is -2.33. The molecule has 1 heterocycles. The molecule has 0 saturated carbocycles. The van der Waals surface area contributed by atoms with Gasteiger partial charge < -0.3 is 4.90 Å². The molecule has 1 saturated heterocycles. The monoisotopic (exact) mass is 432 g/mol. The summed E-state index contributed by atoms with van der Waals surface area (Å²) in [6.07, 6.45) is -1.23. The average molecular weight is 433 g/mol. The first kappa shape index (κ1) is 23.3. The van der Waals surface area contributed by atoms with E-state index in [0.29, 0.717) is 17.2 Å². The Morgan fingerprint density at radius 3 is 2.16 bits per heavy atom. The topological polar surface area (TPSA) is 23.6 Å². The Morgan fingerprint density at radius 1 is 1.06 bits per heavy atom. The van der Waals surface area contributed by atoms with Crippen molar-refractivity contribution in [1.29, 1.82) is 0 Å². The highest BCUT2D eigenvalue weighted by Crippen LogP contribution is 2.31. The summed E-state index contributed by atoms with van der Waals surface area (Å²) < 4.78 is 38.3. The lowest BCUT2D eigenvalue weighted by Crippen LogP contribution is -2.45. The lowest BCUT2D eigenvalue weighted by atomic mass is 10.0. The lowest BCUT2D eigenvalue weighted by molar-refractivity contribution is -0.137. The summed E-state index contributed by atoms with van der Waals surface area (Å²) >= 11 is 0. The van der Waals surface area contributed by atoms with Crippen LogP contribution >= 0.6 is 0 Å². The van der Waals surface area contributed by atoms with Crippen LogP contribution in [0.4, 0.5) is 13.2 Å². The second kappa shape index (κ2) is 9.86. The highest BCUT2D eigenvalue weighted by Gasteiger charge is 2.32. The Hall–Kier alpha value is -2.34. The van der Waals surface area contributed by atoms with Gasteiger partial charge in [0.05, 0.1) is 5.56 Å². The zero-order valence-corrected chi connectivity index (χ0v) is 18.5. The highest BCUT2D eigenvalue weighted by atomic mass is 19.4. The summed E-state index contributed by atoms with van der Waals surface area (Å²) in [6.45, 7) is 9.19. The van der Waals surface area contributed by atoms with Crippen molar-refractivity contribution < 1.29 is 18.0 Å². The van der Waals surface area contributed by atoms with Crippen molar-refractivity contribution in [3.63, 3.8) is 0 Å². The highest BCUT2D eigenvalue weighted by molar-refractivity contribution is 5.95. The Balaban J connectivity index is 1.71. The molecule has 3 nitrogen and oxygen atoms in total. The first-order valence-corrected chi connectivity index (χ1v) is 11.1. The second-order valence-corrected chi connectivity index (χ2v) is 8.29. The van der Waals surface area contributed by atoms with E-state index in [1.165, 1.54) is 12.1 Å². The number of carbonyl (C=O) groups excluding carboxylic acids is 1. The van der Waals surface area contributed by atoms with Crippen molar-refractivity contribution in [2.75, 3.05) is 19.6 Å². The van der Waals surface area contributed by atoms with Crippen molar-refractivity contribution in [3.8, 4) is 11.1 Å². The Bertz CT molecular complexity index is 862. The van der Waals surface area contributed by atoms with Crippen LogP contribution in [-0.4, -0.2) is 47.4 Å². The molecule has 2 aromatic carbocycles. The molecule has 168 valence electrons. The predicted molar refractivity (Wildman–Crippen MR) is 118 cm³/mol. The van der Waals surface area contributed by atoms with Crippen molar-refractivity contribution in [1.82, 2.24) is 9.80 Å². The van der Waals surface area contributed by atoms with Crippen LogP contribution < -0.4 is 0 Å². The van der Waals surface area contributed by atoms with Crippen LogP contribution in [-0.2, 0) is 6.18 Å². The minimum atomic E-state index is -4.34. The molecule has 2 atom stereocenters. The van der Waals surface area contributed by atoms with Gasteiger partial charge in [-0.1, -0.05) is 38.1 Å². The van der Waals surface area contributed by atoms with Gasteiger partial charge in [0.25, 0.3) is 5.91 Å². The molecule has 6 heteroatoms. The minimum Gasteiger partial charge on any atom is -0.334 e. The van der Waals surface area contributed by atoms with Crippen LogP contribution in [0, 0.1) is 0 Å². The normalized spacial score (nSPS) is 17.9. The summed E-state index contributed by atoms with van der Waals surface area (Å²) in [4.78, 5) is 17.6. The number of alkyl halides is 3. The van der Waals surface area contributed by atoms with Gasteiger partial charge in [-0.25, -0.2) is 0 Å². The molecule has 2 aromatic rings. The van der Waals surface area contributed by atoms with Crippen molar-refractivity contribution in [3.05, 3.63) is 59.7 Å². The fraction of sp³-hybridized carbons (Fsp3) is 0.480. The third-order valence-corrected chi connectivity index (χ3v) is 6.38. The zero-order chi connectivity index (χ0) is 22.6. The quantitative estimate of drug-likeness (QED) is 0.528. The molecule has 1 fully saturated rings. The van der Waals surface area contributed by atoms with E-state index in [-0.39, 0.29) is 11.9 Å². The van der Waals surface area contributed by atoms with E-state index in [1.807, 2.05) is 4.90 Å². The summed E-state index contributed by atoms with van der Waals surface area (Å²) in [5.41, 5.74) is 1.44. The van der Waals surface area contributed by atoms with Gasteiger partial charge in [-0.15, -0.1) is 0 Å². The van der Waals surface area contributed by atoms with Crippen LogP contribution in [0.2, 0.25) is 0 Å². The van der Waals surface area contributed by atoms with E-state index in [1.54, 1.807) is 24.3 Å². The maximum atomic E-state index is 13.2. The summed E-state index contributed by atoms with van der Waals surface area (Å²) in [5, 5.41) is 0. The first-order valence-electron chi connectivity index (χ1n) is 11.1. The molecule has 1 aliphatic rings. The maximum Gasteiger partial charge on any atom is 0.416 e. The average Bonchev–Trinajstić information content (AvgIpc) is 3.24. The fourth-order valence-corrected chi connectivity index (χ4v) is 4.27. The second-order valence-electron chi connectivity index (χ2n) is 8.29. The smallest absolute Gasteiger partial charge is 0.334 e. The number of rotatable bonds is 7. The van der Waals surface area contributed by atoms with Crippen LogP contribution in [0.1, 0.15) is 56.0 Å². The van der Waals surface area contributed by atoms with E-state index in [0.717, 1.165) is 56.6 Å². The standard InChI is InChI=1S/C25H31F3N2O/c1-4-18(3)29(5-2)17-23-7-6-16-30(23)24(31)21-10-8-19(9-11-21)20-12-14-22(15-13-20)25(26,27)28/h8-15,18,23H,4-7,16-17H2,1-3H3. The fourth-order valence-electron chi connectivity index (χ4n) is 4.27. The van der Waals surface area contributed by atoms with Crippen molar-refractivity contribution in [2.45, 2.75) is 58.3 Å².